The summed E-state index contributed by atoms with van der Waals surface area (Å²) in [6.07, 6.45) is 2.44. The van der Waals surface area contributed by atoms with Gasteiger partial charge in [0.2, 0.25) is 10.0 Å². The fourth-order valence-corrected chi connectivity index (χ4v) is 2.72. The van der Waals surface area contributed by atoms with Crippen molar-refractivity contribution in [2.45, 2.75) is 18.9 Å². The largest absolute Gasteiger partial charge is 0.477 e. The maximum atomic E-state index is 11.1. The molecule has 3 N–H and O–H groups in total. The summed E-state index contributed by atoms with van der Waals surface area (Å²) in [5, 5.41) is 8.79. The second kappa shape index (κ2) is 3.60. The van der Waals surface area contributed by atoms with Crippen molar-refractivity contribution in [2.24, 2.45) is 0 Å². The van der Waals surface area contributed by atoms with Gasteiger partial charge in [-0.3, -0.25) is 0 Å². The second-order valence-electron chi connectivity index (χ2n) is 3.91. The first-order valence-corrected chi connectivity index (χ1v) is 6.68. The molecule has 88 valence electrons. The summed E-state index contributed by atoms with van der Waals surface area (Å²) < 4.78 is 24.7. The van der Waals surface area contributed by atoms with Crippen LogP contribution in [0.2, 0.25) is 0 Å². The number of carboxylic acid groups (broad SMARTS) is 1. The number of aryl methyl sites for hydroxylation is 1. The zero-order valence-corrected chi connectivity index (χ0v) is 9.47. The molecule has 1 unspecified atom stereocenters. The maximum absolute atomic E-state index is 11.1. The molecule has 0 aliphatic heterocycles. The molecule has 1 atom stereocenters. The first-order valence-electron chi connectivity index (χ1n) is 4.79. The number of carboxylic acids is 1. The normalized spacial score (nSPS) is 19.7. The third-order valence-corrected chi connectivity index (χ3v) is 3.28. The molecule has 0 radical (unpaired) electrons. The monoisotopic (exact) mass is 244 g/mol. The molecule has 2 rings (SSSR count). The number of aromatic nitrogens is 1. The lowest BCUT2D eigenvalue weighted by Crippen LogP contribution is -2.26. The third kappa shape index (κ3) is 2.10. The molecule has 0 saturated heterocycles. The number of aromatic amines is 1. The number of rotatable bonds is 3. The van der Waals surface area contributed by atoms with Crippen LogP contribution in [0, 0.1) is 0 Å². The highest BCUT2D eigenvalue weighted by atomic mass is 32.2. The lowest BCUT2D eigenvalue weighted by atomic mass is 10.2. The van der Waals surface area contributed by atoms with Gasteiger partial charge in [-0.25, -0.2) is 17.9 Å². The molecule has 1 aromatic heterocycles. The van der Waals surface area contributed by atoms with Gasteiger partial charge < -0.3 is 10.1 Å². The highest BCUT2D eigenvalue weighted by molar-refractivity contribution is 7.88. The molecule has 6 nitrogen and oxygen atoms in total. The summed E-state index contributed by atoms with van der Waals surface area (Å²) in [7, 11) is -3.28. The van der Waals surface area contributed by atoms with Crippen LogP contribution in [0.5, 0.6) is 0 Å². The first kappa shape index (κ1) is 11.2. The van der Waals surface area contributed by atoms with E-state index in [-0.39, 0.29) is 11.7 Å². The molecule has 1 aliphatic carbocycles. The number of nitrogens with one attached hydrogen (secondary N) is 2. The van der Waals surface area contributed by atoms with Gasteiger partial charge in [-0.1, -0.05) is 0 Å². The van der Waals surface area contributed by atoms with E-state index in [9.17, 15) is 13.2 Å². The molecule has 1 heterocycles. The predicted molar refractivity (Wildman–Crippen MR) is 56.8 cm³/mol. The Balaban J connectivity index is 2.29. The number of hydrogen-bond acceptors (Lipinski definition) is 3. The van der Waals surface area contributed by atoms with Crippen LogP contribution in [-0.4, -0.2) is 30.7 Å². The van der Waals surface area contributed by atoms with Crippen LogP contribution in [-0.2, 0) is 16.4 Å². The van der Waals surface area contributed by atoms with Gasteiger partial charge >= 0.3 is 5.97 Å². The van der Waals surface area contributed by atoms with E-state index in [0.717, 1.165) is 11.8 Å². The minimum atomic E-state index is -3.28. The average molecular weight is 244 g/mol. The minimum absolute atomic E-state index is 0.102. The molecular weight excluding hydrogens is 232 g/mol. The Bertz CT molecular complexity index is 532. The standard InChI is InChI=1S/C9H12N2O4S/c1-16(14,15)11-6-3-2-5-4-7(9(12)13)10-8(5)6/h4,6,10-11H,2-3H2,1H3,(H,12,13). The quantitative estimate of drug-likeness (QED) is 0.709. The zero-order chi connectivity index (χ0) is 11.9. The lowest BCUT2D eigenvalue weighted by molar-refractivity contribution is 0.0691. The Kier molecular flexibility index (Phi) is 2.51. The molecule has 0 amide bonds. The summed E-state index contributed by atoms with van der Waals surface area (Å²) >= 11 is 0. The fourth-order valence-electron chi connectivity index (χ4n) is 1.97. The topological polar surface area (TPSA) is 99.3 Å². The van der Waals surface area contributed by atoms with Crippen LogP contribution in [0.15, 0.2) is 6.07 Å². The van der Waals surface area contributed by atoms with Gasteiger partial charge in [0.15, 0.2) is 0 Å². The summed E-state index contributed by atoms with van der Waals surface area (Å²) in [5.74, 6) is -1.03. The summed E-state index contributed by atoms with van der Waals surface area (Å²) in [5.41, 5.74) is 1.64. The Morgan fingerprint density at radius 1 is 1.62 bits per heavy atom. The van der Waals surface area contributed by atoms with E-state index in [2.05, 4.69) is 9.71 Å². The molecule has 0 spiro atoms. The average Bonchev–Trinajstić information content (AvgIpc) is 2.64. The summed E-state index contributed by atoms with van der Waals surface area (Å²) in [6.45, 7) is 0. The van der Waals surface area contributed by atoms with Crippen LogP contribution < -0.4 is 4.72 Å². The van der Waals surface area contributed by atoms with E-state index in [4.69, 9.17) is 5.11 Å². The molecule has 1 aliphatic rings. The van der Waals surface area contributed by atoms with Crippen molar-refractivity contribution in [1.29, 1.82) is 0 Å². The van der Waals surface area contributed by atoms with E-state index < -0.39 is 16.0 Å². The molecule has 0 bridgehead atoms. The SMILES string of the molecule is CS(=O)(=O)NC1CCc2cc(C(=O)O)[nH]c21. The number of hydrogen-bond donors (Lipinski definition) is 3. The second-order valence-corrected chi connectivity index (χ2v) is 5.69. The molecule has 0 aromatic carbocycles. The van der Waals surface area contributed by atoms with E-state index in [0.29, 0.717) is 18.5 Å². The smallest absolute Gasteiger partial charge is 0.352 e. The van der Waals surface area contributed by atoms with E-state index in [1.54, 1.807) is 6.07 Å². The molecule has 16 heavy (non-hydrogen) atoms. The van der Waals surface area contributed by atoms with Gasteiger partial charge in [0.25, 0.3) is 0 Å². The molecule has 0 saturated carbocycles. The fraction of sp³-hybridized carbons (Fsp3) is 0.444. The van der Waals surface area contributed by atoms with E-state index >= 15 is 0 Å². The van der Waals surface area contributed by atoms with Crippen LogP contribution in [0.25, 0.3) is 0 Å². The van der Waals surface area contributed by atoms with Crippen LogP contribution >= 0.6 is 0 Å². The van der Waals surface area contributed by atoms with Crippen molar-refractivity contribution in [3.8, 4) is 0 Å². The van der Waals surface area contributed by atoms with Gasteiger partial charge in [-0.05, 0) is 24.5 Å². The highest BCUT2D eigenvalue weighted by Gasteiger charge is 2.28. The summed E-state index contributed by atoms with van der Waals surface area (Å²) in [4.78, 5) is 13.5. The van der Waals surface area contributed by atoms with Gasteiger partial charge in [-0.15, -0.1) is 0 Å². The van der Waals surface area contributed by atoms with Gasteiger partial charge in [0, 0.05) is 5.69 Å². The Labute approximate surface area is 92.7 Å². The molecular formula is C9H12N2O4S. The number of fused-ring (bicyclic) bond motifs is 1. The van der Waals surface area contributed by atoms with Gasteiger partial charge in [0.1, 0.15) is 5.69 Å². The maximum Gasteiger partial charge on any atom is 0.352 e. The van der Waals surface area contributed by atoms with E-state index in [1.807, 2.05) is 0 Å². The van der Waals surface area contributed by atoms with Crippen molar-refractivity contribution >= 4 is 16.0 Å². The Morgan fingerprint density at radius 3 is 2.88 bits per heavy atom. The van der Waals surface area contributed by atoms with Crippen LogP contribution in [0.4, 0.5) is 0 Å². The lowest BCUT2D eigenvalue weighted by Gasteiger charge is -2.10. The zero-order valence-electron chi connectivity index (χ0n) is 8.65. The van der Waals surface area contributed by atoms with Crippen molar-refractivity contribution in [2.75, 3.05) is 6.26 Å². The minimum Gasteiger partial charge on any atom is -0.477 e. The highest BCUT2D eigenvalue weighted by Crippen LogP contribution is 2.31. The van der Waals surface area contributed by atoms with Crippen molar-refractivity contribution < 1.29 is 18.3 Å². The predicted octanol–water partition coefficient (Wildman–Crippen LogP) is 0.249. The van der Waals surface area contributed by atoms with Crippen LogP contribution in [0.1, 0.15) is 34.2 Å². The van der Waals surface area contributed by atoms with Crippen molar-refractivity contribution in [1.82, 2.24) is 9.71 Å². The Morgan fingerprint density at radius 2 is 2.31 bits per heavy atom. The first-order chi connectivity index (χ1) is 7.37. The number of carbonyl (C=O) groups is 1. The van der Waals surface area contributed by atoms with Crippen LogP contribution in [0.3, 0.4) is 0 Å². The van der Waals surface area contributed by atoms with Crippen molar-refractivity contribution in [3.63, 3.8) is 0 Å². The van der Waals surface area contributed by atoms with Gasteiger partial charge in [-0.2, -0.15) is 0 Å². The molecule has 7 heteroatoms. The third-order valence-electron chi connectivity index (χ3n) is 2.57. The van der Waals surface area contributed by atoms with Gasteiger partial charge in [0.05, 0.1) is 12.3 Å². The van der Waals surface area contributed by atoms with E-state index in [1.165, 1.54) is 0 Å². The number of aromatic carboxylic acids is 1. The number of sulfonamides is 1. The molecule has 1 aromatic rings. The number of H-pyrrole nitrogens is 1. The van der Waals surface area contributed by atoms with Crippen molar-refractivity contribution in [3.05, 3.63) is 23.0 Å². The Hall–Kier alpha value is -1.34. The molecule has 0 fully saturated rings. The summed E-state index contributed by atoms with van der Waals surface area (Å²) in [6, 6.07) is 1.22.